The number of aliphatic hydroxyl groups is 1. The van der Waals surface area contributed by atoms with E-state index in [0.29, 0.717) is 4.48 Å². The molecule has 1 N–H and O–H groups in total. The summed E-state index contributed by atoms with van der Waals surface area (Å²) < 4.78 is 48.9. The van der Waals surface area contributed by atoms with Crippen LogP contribution in [0, 0.1) is 17.5 Å². The Hall–Kier alpha value is -1.96. The average molecular weight is 475 g/mol. The van der Waals surface area contributed by atoms with Crippen molar-refractivity contribution in [2.24, 2.45) is 0 Å². The van der Waals surface area contributed by atoms with Crippen molar-refractivity contribution < 1.29 is 23.0 Å². The van der Waals surface area contributed by atoms with Gasteiger partial charge in [0.2, 0.25) is 0 Å². The Morgan fingerprint density at radius 1 is 1.18 bits per heavy atom. The van der Waals surface area contributed by atoms with Gasteiger partial charge >= 0.3 is 0 Å². The molecule has 1 atom stereocenters. The van der Waals surface area contributed by atoms with Crippen LogP contribution in [0.3, 0.4) is 0 Å². The van der Waals surface area contributed by atoms with Gasteiger partial charge in [-0.1, -0.05) is 27.5 Å². The maximum atomic E-state index is 14.9. The maximum Gasteiger partial charge on any atom is 0.159 e. The standard InChI is InChI=1S/C20H16BrClF3NO2/c1-3-26-19(18-16(24)7-11(28-2)8-17(18)25)13(9-14(21)20(26)27)12-6-10(23)4-5-15(12)22/h4-9,20,27H,3H2,1-2H3. The van der Waals surface area contributed by atoms with Crippen LogP contribution in [0.5, 0.6) is 5.75 Å². The molecule has 3 rings (SSSR count). The molecule has 8 heteroatoms. The second kappa shape index (κ2) is 8.19. The van der Waals surface area contributed by atoms with Crippen LogP contribution >= 0.6 is 27.5 Å². The molecule has 0 aromatic heterocycles. The Labute approximate surface area is 173 Å². The number of likely N-dealkylation sites (N-methyl/N-ethyl adjacent to an activating group) is 1. The van der Waals surface area contributed by atoms with Gasteiger partial charge in [0, 0.05) is 39.3 Å². The van der Waals surface area contributed by atoms with Crippen LogP contribution in [-0.2, 0) is 0 Å². The van der Waals surface area contributed by atoms with Gasteiger partial charge in [-0.3, -0.25) is 0 Å². The first kappa shape index (κ1) is 20.8. The summed E-state index contributed by atoms with van der Waals surface area (Å²) in [5.74, 6) is -2.30. The van der Waals surface area contributed by atoms with E-state index in [2.05, 4.69) is 15.9 Å². The van der Waals surface area contributed by atoms with Gasteiger partial charge in [-0.2, -0.15) is 0 Å². The number of rotatable bonds is 4. The summed E-state index contributed by atoms with van der Waals surface area (Å²) in [6, 6.07) is 5.82. The number of ether oxygens (including phenoxy) is 1. The van der Waals surface area contributed by atoms with Crippen molar-refractivity contribution in [1.29, 1.82) is 0 Å². The van der Waals surface area contributed by atoms with Crippen LogP contribution in [-0.4, -0.2) is 29.9 Å². The molecule has 0 saturated carbocycles. The van der Waals surface area contributed by atoms with E-state index in [1.807, 2.05) is 0 Å². The maximum absolute atomic E-state index is 14.9. The molecule has 0 bridgehead atoms. The summed E-state index contributed by atoms with van der Waals surface area (Å²) in [7, 11) is 1.30. The van der Waals surface area contributed by atoms with Gasteiger partial charge in [-0.25, -0.2) is 13.2 Å². The highest BCUT2D eigenvalue weighted by Crippen LogP contribution is 2.43. The van der Waals surface area contributed by atoms with Gasteiger partial charge in [0.05, 0.1) is 18.4 Å². The Kier molecular flexibility index (Phi) is 6.07. The molecule has 1 heterocycles. The van der Waals surface area contributed by atoms with Crippen molar-refractivity contribution in [2.75, 3.05) is 13.7 Å². The van der Waals surface area contributed by atoms with Crippen molar-refractivity contribution in [2.45, 2.75) is 13.2 Å². The van der Waals surface area contributed by atoms with Crippen LogP contribution in [0.1, 0.15) is 18.1 Å². The molecule has 2 aromatic carbocycles. The first-order valence-electron chi connectivity index (χ1n) is 8.33. The first-order chi connectivity index (χ1) is 13.3. The molecular weight excluding hydrogens is 459 g/mol. The van der Waals surface area contributed by atoms with Crippen molar-refractivity contribution >= 4 is 38.8 Å². The van der Waals surface area contributed by atoms with Gasteiger partial charge in [-0.15, -0.1) is 0 Å². The number of hydrogen-bond acceptors (Lipinski definition) is 3. The molecule has 148 valence electrons. The number of allylic oxidation sites excluding steroid dienone is 2. The first-order valence-corrected chi connectivity index (χ1v) is 9.50. The largest absolute Gasteiger partial charge is 0.497 e. The summed E-state index contributed by atoms with van der Waals surface area (Å²) in [6.07, 6.45) is 0.313. The van der Waals surface area contributed by atoms with E-state index < -0.39 is 23.7 Å². The van der Waals surface area contributed by atoms with Gasteiger partial charge < -0.3 is 14.7 Å². The summed E-state index contributed by atoms with van der Waals surface area (Å²) in [4.78, 5) is 1.40. The molecule has 1 aliphatic rings. The number of methoxy groups -OCH3 is 1. The van der Waals surface area contributed by atoms with E-state index in [0.717, 1.165) is 12.1 Å². The van der Waals surface area contributed by atoms with E-state index >= 15 is 0 Å². The van der Waals surface area contributed by atoms with Gasteiger partial charge in [0.1, 0.15) is 23.2 Å². The number of halogens is 5. The van der Waals surface area contributed by atoms with Crippen molar-refractivity contribution in [3.63, 3.8) is 0 Å². The third-order valence-corrected chi connectivity index (χ3v) is 5.38. The lowest BCUT2D eigenvalue weighted by Gasteiger charge is -2.36. The van der Waals surface area contributed by atoms with Crippen LogP contribution in [0.2, 0.25) is 5.02 Å². The molecule has 1 aliphatic heterocycles. The lowest BCUT2D eigenvalue weighted by Crippen LogP contribution is -2.37. The monoisotopic (exact) mass is 473 g/mol. The molecule has 0 amide bonds. The SMILES string of the molecule is CCN1C(c2c(F)cc(OC)cc2F)=C(c2cc(F)ccc2Cl)C=C(Br)C1O. The highest BCUT2D eigenvalue weighted by Gasteiger charge is 2.32. The molecule has 0 aliphatic carbocycles. The van der Waals surface area contributed by atoms with Crippen LogP contribution in [0.25, 0.3) is 11.3 Å². The third-order valence-electron chi connectivity index (χ3n) is 4.41. The lowest BCUT2D eigenvalue weighted by molar-refractivity contribution is 0.0881. The second-order valence-electron chi connectivity index (χ2n) is 6.04. The molecule has 28 heavy (non-hydrogen) atoms. The Morgan fingerprint density at radius 2 is 1.82 bits per heavy atom. The smallest absolute Gasteiger partial charge is 0.159 e. The minimum Gasteiger partial charge on any atom is -0.497 e. The molecule has 0 fully saturated rings. The normalized spacial score (nSPS) is 17.1. The number of benzene rings is 2. The van der Waals surface area contributed by atoms with Gasteiger partial charge in [-0.05, 0) is 31.2 Å². The predicted molar refractivity (Wildman–Crippen MR) is 107 cm³/mol. The molecule has 2 aromatic rings. The van der Waals surface area contributed by atoms with Crippen molar-refractivity contribution in [1.82, 2.24) is 4.90 Å². The Balaban J connectivity index is 2.40. The highest BCUT2D eigenvalue weighted by molar-refractivity contribution is 9.11. The fourth-order valence-corrected chi connectivity index (χ4v) is 3.81. The van der Waals surface area contributed by atoms with E-state index in [1.54, 1.807) is 6.92 Å². The van der Waals surface area contributed by atoms with E-state index in [1.165, 1.54) is 36.3 Å². The topological polar surface area (TPSA) is 32.7 Å². The molecule has 0 spiro atoms. The Morgan fingerprint density at radius 3 is 2.39 bits per heavy atom. The average Bonchev–Trinajstić information content (AvgIpc) is 2.65. The lowest BCUT2D eigenvalue weighted by atomic mass is 9.94. The van der Waals surface area contributed by atoms with E-state index in [4.69, 9.17) is 16.3 Å². The fourth-order valence-electron chi connectivity index (χ4n) is 3.12. The van der Waals surface area contributed by atoms with E-state index in [9.17, 15) is 18.3 Å². The molecule has 0 radical (unpaired) electrons. The van der Waals surface area contributed by atoms with Gasteiger partial charge in [0.15, 0.2) is 6.23 Å². The number of hydrogen-bond donors (Lipinski definition) is 1. The summed E-state index contributed by atoms with van der Waals surface area (Å²) in [6.45, 7) is 1.94. The van der Waals surface area contributed by atoms with Crippen LogP contribution in [0.4, 0.5) is 13.2 Å². The number of nitrogens with zero attached hydrogens (tertiary/aromatic N) is 1. The molecule has 1 unspecified atom stereocenters. The minimum absolute atomic E-state index is 0.0146. The molecular formula is C20H16BrClF3NO2. The van der Waals surface area contributed by atoms with Gasteiger partial charge in [0.25, 0.3) is 0 Å². The quantitative estimate of drug-likeness (QED) is 0.629. The van der Waals surface area contributed by atoms with E-state index in [-0.39, 0.29) is 39.7 Å². The zero-order chi connectivity index (χ0) is 20.6. The number of aliphatic hydroxyl groups excluding tert-OH is 1. The van der Waals surface area contributed by atoms with Crippen molar-refractivity contribution in [3.05, 3.63) is 74.5 Å². The zero-order valence-corrected chi connectivity index (χ0v) is 17.3. The molecule has 0 saturated heterocycles. The highest BCUT2D eigenvalue weighted by atomic mass is 79.9. The predicted octanol–water partition coefficient (Wildman–Crippen LogP) is 5.57. The van der Waals surface area contributed by atoms with Crippen LogP contribution in [0.15, 0.2) is 40.9 Å². The molecule has 3 nitrogen and oxygen atoms in total. The summed E-state index contributed by atoms with van der Waals surface area (Å²) in [5, 5.41) is 10.7. The zero-order valence-electron chi connectivity index (χ0n) is 14.9. The summed E-state index contributed by atoms with van der Waals surface area (Å²) in [5.41, 5.74) is 0.205. The summed E-state index contributed by atoms with van der Waals surface area (Å²) >= 11 is 9.52. The Bertz CT molecular complexity index is 970. The van der Waals surface area contributed by atoms with Crippen LogP contribution < -0.4 is 4.74 Å². The van der Waals surface area contributed by atoms with Crippen molar-refractivity contribution in [3.8, 4) is 5.75 Å². The minimum atomic E-state index is -1.17. The second-order valence-corrected chi connectivity index (χ2v) is 7.36. The third kappa shape index (κ3) is 3.66. The fraction of sp³-hybridized carbons (Fsp3) is 0.200.